The van der Waals surface area contributed by atoms with Crippen LogP contribution in [0.3, 0.4) is 0 Å². The maximum absolute atomic E-state index is 11.6. The van der Waals surface area contributed by atoms with Crippen LogP contribution in [0.2, 0.25) is 0 Å². The van der Waals surface area contributed by atoms with Gasteiger partial charge in [-0.3, -0.25) is 4.98 Å². The Morgan fingerprint density at radius 2 is 1.55 bits per heavy atom. The Bertz CT molecular complexity index is 486. The summed E-state index contributed by atoms with van der Waals surface area (Å²) in [6.45, 7) is 2.08. The summed E-state index contributed by atoms with van der Waals surface area (Å²) >= 11 is 0. The largest absolute Gasteiger partial charge is 0.416 e. The Kier molecular flexibility index (Phi) is 5.43. The minimum Gasteiger partial charge on any atom is -0.413 e. The van der Waals surface area contributed by atoms with Crippen LogP contribution < -0.4 is 5.76 Å². The highest BCUT2D eigenvalue weighted by Crippen LogP contribution is 2.41. The molecule has 0 aliphatic heterocycles. The smallest absolute Gasteiger partial charge is 0.413 e. The lowest BCUT2D eigenvalue weighted by Gasteiger charge is -2.37. The third-order valence-corrected chi connectivity index (χ3v) is 6.08. The number of H-pyrrole nitrogens is 1. The van der Waals surface area contributed by atoms with E-state index in [4.69, 9.17) is 4.42 Å². The van der Waals surface area contributed by atoms with Crippen molar-refractivity contribution in [3.8, 4) is 0 Å². The number of hydrogen-bond donors (Lipinski definition) is 1. The van der Waals surface area contributed by atoms with Crippen molar-refractivity contribution in [3.05, 3.63) is 22.0 Å². The zero-order valence-electron chi connectivity index (χ0n) is 14.0. The molecule has 0 spiro atoms. The van der Waals surface area contributed by atoms with E-state index < -0.39 is 0 Å². The van der Waals surface area contributed by atoms with E-state index in [-0.39, 0.29) is 5.76 Å². The fourth-order valence-corrected chi connectivity index (χ4v) is 4.92. The predicted molar refractivity (Wildman–Crippen MR) is 89.1 cm³/mol. The van der Waals surface area contributed by atoms with E-state index >= 15 is 0 Å². The summed E-state index contributed by atoms with van der Waals surface area (Å²) in [6.07, 6.45) is 15.8. The van der Waals surface area contributed by atoms with Gasteiger partial charge in [0, 0.05) is 6.42 Å². The van der Waals surface area contributed by atoms with Crippen molar-refractivity contribution in [1.29, 1.82) is 0 Å². The van der Waals surface area contributed by atoms with Crippen molar-refractivity contribution in [1.82, 2.24) is 4.98 Å². The van der Waals surface area contributed by atoms with Crippen LogP contribution in [0.1, 0.15) is 82.6 Å². The topological polar surface area (TPSA) is 46.0 Å². The SMILES string of the molecule is CCc1oc(=O)[nH]c1CC(C1CCCCC1)C1CCCCC1. The van der Waals surface area contributed by atoms with Gasteiger partial charge in [-0.1, -0.05) is 71.1 Å². The van der Waals surface area contributed by atoms with Crippen molar-refractivity contribution in [3.63, 3.8) is 0 Å². The van der Waals surface area contributed by atoms with E-state index in [0.29, 0.717) is 0 Å². The van der Waals surface area contributed by atoms with Crippen LogP contribution in [-0.2, 0) is 12.8 Å². The summed E-state index contributed by atoms with van der Waals surface area (Å²) in [6, 6.07) is 0. The molecular formula is C19H31NO2. The van der Waals surface area contributed by atoms with Crippen molar-refractivity contribution in [2.75, 3.05) is 0 Å². The maximum Gasteiger partial charge on any atom is 0.416 e. The molecule has 0 bridgehead atoms. The Labute approximate surface area is 133 Å². The first kappa shape index (κ1) is 15.9. The van der Waals surface area contributed by atoms with Crippen LogP contribution >= 0.6 is 0 Å². The predicted octanol–water partition coefficient (Wildman–Crippen LogP) is 4.85. The van der Waals surface area contributed by atoms with Gasteiger partial charge in [0.15, 0.2) is 0 Å². The third-order valence-electron chi connectivity index (χ3n) is 6.08. The first-order valence-corrected chi connectivity index (χ1v) is 9.48. The Morgan fingerprint density at radius 1 is 1.00 bits per heavy atom. The molecular weight excluding hydrogens is 274 g/mol. The molecule has 2 saturated carbocycles. The summed E-state index contributed by atoms with van der Waals surface area (Å²) in [5.41, 5.74) is 1.09. The lowest BCUT2D eigenvalue weighted by molar-refractivity contribution is 0.142. The van der Waals surface area contributed by atoms with Crippen molar-refractivity contribution in [2.24, 2.45) is 17.8 Å². The summed E-state index contributed by atoms with van der Waals surface area (Å²) in [5.74, 6) is 3.10. The minimum absolute atomic E-state index is 0.266. The van der Waals surface area contributed by atoms with Crippen molar-refractivity contribution in [2.45, 2.75) is 84.0 Å². The molecule has 3 nitrogen and oxygen atoms in total. The van der Waals surface area contributed by atoms with Gasteiger partial charge in [-0.25, -0.2) is 4.79 Å². The highest BCUT2D eigenvalue weighted by atomic mass is 16.4. The van der Waals surface area contributed by atoms with Gasteiger partial charge in [0.05, 0.1) is 5.69 Å². The average Bonchev–Trinajstić information content (AvgIpc) is 2.94. The van der Waals surface area contributed by atoms with Crippen LogP contribution in [0.25, 0.3) is 0 Å². The molecule has 1 aromatic rings. The third kappa shape index (κ3) is 3.67. The number of rotatable bonds is 5. The van der Waals surface area contributed by atoms with Gasteiger partial charge in [0.2, 0.25) is 0 Å². The molecule has 124 valence electrons. The zero-order chi connectivity index (χ0) is 15.4. The molecule has 2 fully saturated rings. The monoisotopic (exact) mass is 305 g/mol. The Hall–Kier alpha value is -0.990. The van der Waals surface area contributed by atoms with Gasteiger partial charge >= 0.3 is 5.76 Å². The fourth-order valence-electron chi connectivity index (χ4n) is 4.92. The molecule has 0 saturated heterocycles. The van der Waals surface area contributed by atoms with Gasteiger partial charge in [0.1, 0.15) is 5.76 Å². The summed E-state index contributed by atoms with van der Waals surface area (Å²) < 4.78 is 5.33. The summed E-state index contributed by atoms with van der Waals surface area (Å²) in [4.78, 5) is 14.6. The fraction of sp³-hybridized carbons (Fsp3) is 0.842. The van der Waals surface area contributed by atoms with E-state index in [1.807, 2.05) is 0 Å². The summed E-state index contributed by atoms with van der Waals surface area (Å²) in [5, 5.41) is 0. The van der Waals surface area contributed by atoms with Gasteiger partial charge in [0.25, 0.3) is 0 Å². The van der Waals surface area contributed by atoms with Crippen LogP contribution in [0.4, 0.5) is 0 Å². The second-order valence-electron chi connectivity index (χ2n) is 7.43. The van der Waals surface area contributed by atoms with Crippen LogP contribution in [0.5, 0.6) is 0 Å². The molecule has 1 heterocycles. The normalized spacial score (nSPS) is 21.5. The first-order valence-electron chi connectivity index (χ1n) is 9.48. The van der Waals surface area contributed by atoms with Gasteiger partial charge in [-0.2, -0.15) is 0 Å². The second-order valence-corrected chi connectivity index (χ2v) is 7.43. The molecule has 22 heavy (non-hydrogen) atoms. The number of aromatic nitrogens is 1. The van der Waals surface area contributed by atoms with Gasteiger partial charge in [-0.05, 0) is 24.2 Å². The van der Waals surface area contributed by atoms with Crippen LogP contribution in [0, 0.1) is 17.8 Å². The number of aromatic amines is 1. The molecule has 2 aliphatic rings. The quantitative estimate of drug-likeness (QED) is 0.845. The molecule has 0 aromatic carbocycles. The standard InChI is InChI=1S/C19H31NO2/c1-2-18-17(20-19(21)22-18)13-16(14-9-5-3-6-10-14)15-11-7-4-8-12-15/h14-16H,2-13H2,1H3,(H,20,21). The van der Waals surface area contributed by atoms with E-state index in [1.54, 1.807) is 0 Å². The highest BCUT2D eigenvalue weighted by Gasteiger charge is 2.32. The Balaban J connectivity index is 1.78. The Morgan fingerprint density at radius 3 is 2.05 bits per heavy atom. The van der Waals surface area contributed by atoms with Gasteiger partial charge < -0.3 is 4.42 Å². The average molecular weight is 305 g/mol. The minimum atomic E-state index is -0.266. The lowest BCUT2D eigenvalue weighted by Crippen LogP contribution is -2.29. The molecule has 3 rings (SSSR count). The first-order chi connectivity index (χ1) is 10.8. The van der Waals surface area contributed by atoms with Crippen LogP contribution in [0.15, 0.2) is 9.21 Å². The molecule has 3 heteroatoms. The van der Waals surface area contributed by atoms with E-state index in [9.17, 15) is 4.79 Å². The van der Waals surface area contributed by atoms with E-state index in [0.717, 1.165) is 42.0 Å². The second kappa shape index (κ2) is 7.52. The number of hydrogen-bond acceptors (Lipinski definition) is 2. The van der Waals surface area contributed by atoms with Crippen molar-refractivity contribution >= 4 is 0 Å². The number of aryl methyl sites for hydroxylation is 1. The number of oxazole rings is 1. The molecule has 1 N–H and O–H groups in total. The lowest BCUT2D eigenvalue weighted by atomic mass is 9.68. The molecule has 1 aromatic heterocycles. The van der Waals surface area contributed by atoms with Gasteiger partial charge in [-0.15, -0.1) is 0 Å². The molecule has 0 amide bonds. The molecule has 0 radical (unpaired) electrons. The number of nitrogens with one attached hydrogen (secondary N) is 1. The zero-order valence-corrected chi connectivity index (χ0v) is 14.0. The van der Waals surface area contributed by atoms with E-state index in [2.05, 4.69) is 11.9 Å². The maximum atomic E-state index is 11.6. The molecule has 0 atom stereocenters. The summed E-state index contributed by atoms with van der Waals surface area (Å²) in [7, 11) is 0. The van der Waals surface area contributed by atoms with Crippen molar-refractivity contribution < 1.29 is 4.42 Å². The van der Waals surface area contributed by atoms with Crippen LogP contribution in [-0.4, -0.2) is 4.98 Å². The van der Waals surface area contributed by atoms with E-state index in [1.165, 1.54) is 64.2 Å². The molecule has 2 aliphatic carbocycles. The molecule has 0 unspecified atom stereocenters. The highest BCUT2D eigenvalue weighted by molar-refractivity contribution is 5.09.